The zero-order valence-electron chi connectivity index (χ0n) is 13.4. The average molecular weight is 271 g/mol. The summed E-state index contributed by atoms with van der Waals surface area (Å²) in [7, 11) is 0. The van der Waals surface area contributed by atoms with E-state index in [-0.39, 0.29) is 5.78 Å². The number of carbonyl (C=O) groups is 2. The third kappa shape index (κ3) is 9.51. The molecule has 0 aliphatic rings. The van der Waals surface area contributed by atoms with Crippen LogP contribution < -0.4 is 5.32 Å². The fourth-order valence-electron chi connectivity index (χ4n) is 1.74. The zero-order valence-corrected chi connectivity index (χ0v) is 13.4. The first-order valence-corrected chi connectivity index (χ1v) is 7.03. The Bertz CT molecular complexity index is 303. The Labute approximate surface area is 117 Å². The van der Waals surface area contributed by atoms with Gasteiger partial charge < -0.3 is 10.1 Å². The van der Waals surface area contributed by atoms with Crippen LogP contribution in [-0.4, -0.2) is 23.5 Å². The molecule has 0 rings (SSSR count). The van der Waals surface area contributed by atoms with Gasteiger partial charge in [0.05, 0.1) is 6.04 Å². The Hall–Kier alpha value is -1.06. The van der Waals surface area contributed by atoms with Gasteiger partial charge in [0.2, 0.25) is 0 Å². The highest BCUT2D eigenvalue weighted by atomic mass is 16.6. The third-order valence-electron chi connectivity index (χ3n) is 2.40. The van der Waals surface area contributed by atoms with Crippen molar-refractivity contribution in [3.63, 3.8) is 0 Å². The van der Waals surface area contributed by atoms with Crippen LogP contribution in [0.1, 0.15) is 61.3 Å². The van der Waals surface area contributed by atoms with Crippen molar-refractivity contribution in [1.29, 1.82) is 0 Å². The van der Waals surface area contributed by atoms with Crippen LogP contribution in [0.4, 0.5) is 4.79 Å². The lowest BCUT2D eigenvalue weighted by molar-refractivity contribution is -0.122. The van der Waals surface area contributed by atoms with Crippen molar-refractivity contribution >= 4 is 11.9 Å². The quantitative estimate of drug-likeness (QED) is 0.804. The van der Waals surface area contributed by atoms with Gasteiger partial charge in [0.25, 0.3) is 0 Å². The smallest absolute Gasteiger partial charge is 0.408 e. The van der Waals surface area contributed by atoms with Gasteiger partial charge in [0.1, 0.15) is 5.60 Å². The Morgan fingerprint density at radius 3 is 1.95 bits per heavy atom. The summed E-state index contributed by atoms with van der Waals surface area (Å²) in [5.74, 6) is 0.716. The van der Waals surface area contributed by atoms with Crippen molar-refractivity contribution in [2.24, 2.45) is 11.8 Å². The largest absolute Gasteiger partial charge is 0.444 e. The topological polar surface area (TPSA) is 55.4 Å². The predicted molar refractivity (Wildman–Crippen MR) is 77.1 cm³/mol. The summed E-state index contributed by atoms with van der Waals surface area (Å²) in [5, 5.41) is 2.70. The molecule has 1 N–H and O–H groups in total. The predicted octanol–water partition coefficient (Wildman–Crippen LogP) is 3.54. The van der Waals surface area contributed by atoms with Crippen LogP contribution in [0.15, 0.2) is 0 Å². The van der Waals surface area contributed by atoms with E-state index in [4.69, 9.17) is 4.74 Å². The molecule has 4 heteroatoms. The van der Waals surface area contributed by atoms with Crippen molar-refractivity contribution in [3.05, 3.63) is 0 Å². The molecule has 0 radical (unpaired) electrons. The molecule has 0 aromatic rings. The molecule has 0 spiro atoms. The number of ether oxygens (including phenoxy) is 1. The lowest BCUT2D eigenvalue weighted by Crippen LogP contribution is -2.44. The molecule has 0 unspecified atom stereocenters. The zero-order chi connectivity index (χ0) is 15.2. The number of carbonyl (C=O) groups excluding carboxylic acids is 2. The fourth-order valence-corrected chi connectivity index (χ4v) is 1.74. The molecule has 0 aromatic heterocycles. The molecule has 19 heavy (non-hydrogen) atoms. The van der Waals surface area contributed by atoms with E-state index in [1.54, 1.807) is 20.8 Å². The number of ketones is 1. The maximum Gasteiger partial charge on any atom is 0.408 e. The van der Waals surface area contributed by atoms with E-state index < -0.39 is 17.7 Å². The summed E-state index contributed by atoms with van der Waals surface area (Å²) >= 11 is 0. The third-order valence-corrected chi connectivity index (χ3v) is 2.40. The first kappa shape index (κ1) is 17.9. The van der Waals surface area contributed by atoms with Crippen LogP contribution in [0.25, 0.3) is 0 Å². The molecular formula is C15H29NO3. The molecule has 0 aliphatic heterocycles. The highest BCUT2D eigenvalue weighted by molar-refractivity contribution is 5.87. The van der Waals surface area contributed by atoms with Crippen LogP contribution in [0.5, 0.6) is 0 Å². The minimum atomic E-state index is -0.548. The molecular weight excluding hydrogens is 242 g/mol. The maximum atomic E-state index is 12.1. The van der Waals surface area contributed by atoms with Crippen LogP contribution >= 0.6 is 0 Å². The van der Waals surface area contributed by atoms with Gasteiger partial charge in [0.15, 0.2) is 5.78 Å². The molecule has 0 heterocycles. The summed E-state index contributed by atoms with van der Waals surface area (Å²) in [6, 6.07) is -0.447. The Kier molecular flexibility index (Phi) is 7.09. The van der Waals surface area contributed by atoms with Crippen molar-refractivity contribution in [3.8, 4) is 0 Å². The highest BCUT2D eigenvalue weighted by Crippen LogP contribution is 2.13. The summed E-state index contributed by atoms with van der Waals surface area (Å²) in [6.07, 6.45) is 0.605. The van der Waals surface area contributed by atoms with Crippen LogP contribution in [0.3, 0.4) is 0 Å². The number of Topliss-reactive ketones (excluding diaryl/α,β-unsaturated/α-hetero) is 1. The van der Waals surface area contributed by atoms with E-state index in [2.05, 4.69) is 5.32 Å². The Balaban J connectivity index is 4.59. The van der Waals surface area contributed by atoms with Gasteiger partial charge in [-0.15, -0.1) is 0 Å². The number of amides is 1. The molecule has 0 aromatic carbocycles. The molecule has 1 amide bonds. The number of alkyl carbamates (subject to hydrolysis) is 1. The summed E-state index contributed by atoms with van der Waals surface area (Å²) in [5.41, 5.74) is -0.548. The van der Waals surface area contributed by atoms with E-state index in [1.807, 2.05) is 27.7 Å². The molecule has 1 atom stereocenters. The van der Waals surface area contributed by atoms with Crippen LogP contribution in [-0.2, 0) is 9.53 Å². The standard InChI is InChI=1S/C15H29NO3/c1-10(2)8-12(13(17)9-11(3)4)16-14(18)19-15(5,6)7/h10-12H,8-9H2,1-7H3,(H,16,18)/t12-/m0/s1. The second kappa shape index (κ2) is 7.51. The SMILES string of the molecule is CC(C)CC(=O)[C@H](CC(C)C)NC(=O)OC(C)(C)C. The van der Waals surface area contributed by atoms with E-state index in [0.29, 0.717) is 24.7 Å². The summed E-state index contributed by atoms with van der Waals surface area (Å²) in [6.45, 7) is 13.5. The fraction of sp³-hybridized carbons (Fsp3) is 0.867. The van der Waals surface area contributed by atoms with Crippen molar-refractivity contribution in [1.82, 2.24) is 5.32 Å². The molecule has 0 bridgehead atoms. The minimum Gasteiger partial charge on any atom is -0.444 e. The second-order valence-electron chi connectivity index (χ2n) is 6.89. The lowest BCUT2D eigenvalue weighted by Gasteiger charge is -2.24. The number of hydrogen-bond acceptors (Lipinski definition) is 3. The number of hydrogen-bond donors (Lipinski definition) is 1. The molecule has 112 valence electrons. The summed E-state index contributed by atoms with van der Waals surface area (Å²) in [4.78, 5) is 23.9. The molecule has 0 saturated carbocycles. The summed E-state index contributed by atoms with van der Waals surface area (Å²) < 4.78 is 5.20. The van der Waals surface area contributed by atoms with Gasteiger partial charge in [0, 0.05) is 6.42 Å². The second-order valence-corrected chi connectivity index (χ2v) is 6.89. The molecule has 0 aliphatic carbocycles. The van der Waals surface area contributed by atoms with E-state index >= 15 is 0 Å². The first-order chi connectivity index (χ1) is 8.51. The minimum absolute atomic E-state index is 0.0783. The Morgan fingerprint density at radius 2 is 1.58 bits per heavy atom. The van der Waals surface area contributed by atoms with E-state index in [0.717, 1.165) is 0 Å². The highest BCUT2D eigenvalue weighted by Gasteiger charge is 2.25. The lowest BCUT2D eigenvalue weighted by atomic mass is 9.95. The van der Waals surface area contributed by atoms with E-state index in [1.165, 1.54) is 0 Å². The number of nitrogens with one attached hydrogen (secondary N) is 1. The van der Waals surface area contributed by atoms with Crippen LogP contribution in [0.2, 0.25) is 0 Å². The molecule has 0 saturated heterocycles. The van der Waals surface area contributed by atoms with Gasteiger partial charge in [-0.1, -0.05) is 27.7 Å². The maximum absolute atomic E-state index is 12.1. The molecule has 4 nitrogen and oxygen atoms in total. The monoisotopic (exact) mass is 271 g/mol. The van der Waals surface area contributed by atoms with Gasteiger partial charge in [-0.05, 0) is 39.0 Å². The molecule has 0 fully saturated rings. The average Bonchev–Trinajstić information content (AvgIpc) is 2.11. The van der Waals surface area contributed by atoms with Gasteiger partial charge in [-0.2, -0.15) is 0 Å². The van der Waals surface area contributed by atoms with Crippen LogP contribution in [0, 0.1) is 11.8 Å². The number of rotatable bonds is 6. The van der Waals surface area contributed by atoms with E-state index in [9.17, 15) is 9.59 Å². The van der Waals surface area contributed by atoms with Crippen molar-refractivity contribution < 1.29 is 14.3 Å². The van der Waals surface area contributed by atoms with Gasteiger partial charge in [-0.25, -0.2) is 4.79 Å². The van der Waals surface area contributed by atoms with Crippen molar-refractivity contribution in [2.75, 3.05) is 0 Å². The van der Waals surface area contributed by atoms with Crippen molar-refractivity contribution in [2.45, 2.75) is 73.0 Å². The van der Waals surface area contributed by atoms with Gasteiger partial charge >= 0.3 is 6.09 Å². The normalized spacial score (nSPS) is 13.5. The Morgan fingerprint density at radius 1 is 1.05 bits per heavy atom. The van der Waals surface area contributed by atoms with Gasteiger partial charge in [-0.3, -0.25) is 4.79 Å². The first-order valence-electron chi connectivity index (χ1n) is 7.03.